The lowest BCUT2D eigenvalue weighted by Crippen LogP contribution is -2.44. The Labute approximate surface area is 140 Å². The maximum absolute atomic E-state index is 12.9. The van der Waals surface area contributed by atoms with Crippen molar-refractivity contribution in [2.45, 2.75) is 24.8 Å². The van der Waals surface area contributed by atoms with Crippen molar-refractivity contribution < 1.29 is 8.78 Å². The van der Waals surface area contributed by atoms with E-state index in [1.165, 1.54) is 0 Å². The van der Waals surface area contributed by atoms with Gasteiger partial charge in [-0.15, -0.1) is 0 Å². The zero-order chi connectivity index (χ0) is 17.0. The van der Waals surface area contributed by atoms with E-state index < -0.39 is 5.92 Å². The number of halogens is 2. The average molecular weight is 341 g/mol. The third-order valence-corrected chi connectivity index (χ3v) is 4.39. The van der Waals surface area contributed by atoms with Crippen molar-refractivity contribution in [3.8, 4) is 11.3 Å². The Kier molecular flexibility index (Phi) is 2.82. The van der Waals surface area contributed by atoms with Gasteiger partial charge >= 0.3 is 0 Å². The molecule has 0 aliphatic heterocycles. The molecule has 0 radical (unpaired) electrons. The fourth-order valence-electron chi connectivity index (χ4n) is 3.10. The Morgan fingerprint density at radius 1 is 1.24 bits per heavy atom. The maximum atomic E-state index is 12.9. The van der Waals surface area contributed by atoms with Crippen LogP contribution < -0.4 is 5.32 Å². The van der Waals surface area contributed by atoms with Crippen molar-refractivity contribution in [2.24, 2.45) is 0 Å². The molecule has 1 aliphatic rings. The number of rotatable bonds is 3. The van der Waals surface area contributed by atoms with E-state index in [2.05, 4.69) is 30.4 Å². The predicted octanol–water partition coefficient (Wildman–Crippen LogP) is 2.88. The van der Waals surface area contributed by atoms with Gasteiger partial charge in [0.05, 0.1) is 11.9 Å². The molecule has 1 fully saturated rings. The topological polar surface area (TPSA) is 83.8 Å². The number of hydrogen-bond donors (Lipinski definition) is 2. The molecule has 4 aromatic heterocycles. The molecule has 126 valence electrons. The molecule has 25 heavy (non-hydrogen) atoms. The summed E-state index contributed by atoms with van der Waals surface area (Å²) in [6, 6.07) is 3.41. The van der Waals surface area contributed by atoms with Crippen LogP contribution in [-0.4, -0.2) is 41.5 Å². The largest absolute Gasteiger partial charge is 0.351 e. The Morgan fingerprint density at radius 3 is 2.96 bits per heavy atom. The second-order valence-electron chi connectivity index (χ2n) is 6.21. The SMILES string of the molecule is FC1(F)CC(Nc2ncc3c(-c4ccn5nccc5n4)c[nH]c3n2)C1. The molecule has 1 aliphatic carbocycles. The predicted molar refractivity (Wildman–Crippen MR) is 87.5 cm³/mol. The Balaban J connectivity index is 1.46. The van der Waals surface area contributed by atoms with E-state index in [0.717, 1.165) is 22.3 Å². The number of H-pyrrole nitrogens is 1. The van der Waals surface area contributed by atoms with Crippen LogP contribution in [0.2, 0.25) is 0 Å². The summed E-state index contributed by atoms with van der Waals surface area (Å²) in [6.45, 7) is 0. The van der Waals surface area contributed by atoms with Crippen LogP contribution in [0.3, 0.4) is 0 Å². The lowest BCUT2D eigenvalue weighted by molar-refractivity contribution is -0.0794. The van der Waals surface area contributed by atoms with Crippen LogP contribution in [-0.2, 0) is 0 Å². The zero-order valence-corrected chi connectivity index (χ0v) is 12.9. The summed E-state index contributed by atoms with van der Waals surface area (Å²) in [6.07, 6.45) is 6.65. The molecule has 4 heterocycles. The standard InChI is InChI=1S/C16H13F2N7/c17-16(18)5-9(6-16)22-15-20-8-11-10(7-19-14(11)24-15)12-2-4-25-13(23-12)1-3-21-25/h1-4,7-9H,5-6H2,(H2,19,20,22,24). The molecule has 0 atom stereocenters. The molecule has 0 unspecified atom stereocenters. The van der Waals surface area contributed by atoms with Crippen molar-refractivity contribution in [2.75, 3.05) is 5.32 Å². The van der Waals surface area contributed by atoms with E-state index in [9.17, 15) is 8.78 Å². The van der Waals surface area contributed by atoms with Crippen LogP contribution in [0, 0.1) is 0 Å². The second kappa shape index (κ2) is 4.95. The van der Waals surface area contributed by atoms with Gasteiger partial charge in [-0.25, -0.2) is 23.3 Å². The molecule has 0 aromatic carbocycles. The lowest BCUT2D eigenvalue weighted by atomic mass is 9.88. The van der Waals surface area contributed by atoms with Crippen LogP contribution in [0.25, 0.3) is 27.9 Å². The summed E-state index contributed by atoms with van der Waals surface area (Å²) in [5, 5.41) is 7.89. The summed E-state index contributed by atoms with van der Waals surface area (Å²) in [5.41, 5.74) is 3.04. The van der Waals surface area contributed by atoms with Crippen molar-refractivity contribution in [3.63, 3.8) is 0 Å². The smallest absolute Gasteiger partial charge is 0.252 e. The first-order valence-corrected chi connectivity index (χ1v) is 7.87. The van der Waals surface area contributed by atoms with E-state index in [1.54, 1.807) is 16.9 Å². The first-order valence-electron chi connectivity index (χ1n) is 7.87. The average Bonchev–Trinajstić information content (AvgIpc) is 3.18. The minimum absolute atomic E-state index is 0.181. The number of nitrogens with zero attached hydrogens (tertiary/aromatic N) is 5. The Morgan fingerprint density at radius 2 is 2.12 bits per heavy atom. The number of alkyl halides is 2. The van der Waals surface area contributed by atoms with Gasteiger partial charge in [-0.2, -0.15) is 10.1 Å². The molecular formula is C16H13F2N7. The van der Waals surface area contributed by atoms with Crippen molar-refractivity contribution in [1.82, 2.24) is 29.5 Å². The molecule has 9 heteroatoms. The van der Waals surface area contributed by atoms with Gasteiger partial charge in [0, 0.05) is 54.5 Å². The van der Waals surface area contributed by atoms with Gasteiger partial charge in [-0.3, -0.25) is 0 Å². The van der Waals surface area contributed by atoms with E-state index >= 15 is 0 Å². The third kappa shape index (κ3) is 2.39. The molecule has 2 N–H and O–H groups in total. The number of aromatic nitrogens is 6. The van der Waals surface area contributed by atoms with Gasteiger partial charge in [0.2, 0.25) is 5.95 Å². The highest BCUT2D eigenvalue weighted by molar-refractivity contribution is 5.92. The van der Waals surface area contributed by atoms with Crippen molar-refractivity contribution in [1.29, 1.82) is 0 Å². The minimum atomic E-state index is -2.57. The molecule has 0 spiro atoms. The first-order chi connectivity index (χ1) is 12.1. The van der Waals surface area contributed by atoms with Gasteiger partial charge in [0.15, 0.2) is 5.65 Å². The molecule has 0 amide bonds. The zero-order valence-electron chi connectivity index (χ0n) is 12.9. The van der Waals surface area contributed by atoms with Gasteiger partial charge in [0.25, 0.3) is 5.92 Å². The van der Waals surface area contributed by atoms with E-state index in [4.69, 9.17) is 0 Å². The van der Waals surface area contributed by atoms with Crippen molar-refractivity contribution in [3.05, 3.63) is 36.9 Å². The molecular weight excluding hydrogens is 328 g/mol. The highest BCUT2D eigenvalue weighted by Crippen LogP contribution is 2.38. The molecule has 7 nitrogen and oxygen atoms in total. The van der Waals surface area contributed by atoms with Crippen LogP contribution >= 0.6 is 0 Å². The van der Waals surface area contributed by atoms with Crippen molar-refractivity contribution >= 4 is 22.6 Å². The Hall–Kier alpha value is -3.10. The van der Waals surface area contributed by atoms with Gasteiger partial charge in [0.1, 0.15) is 5.65 Å². The first kappa shape index (κ1) is 14.3. The number of nitrogens with one attached hydrogen (secondary N) is 2. The number of fused-ring (bicyclic) bond motifs is 2. The van der Waals surface area contributed by atoms with Crippen LogP contribution in [0.15, 0.2) is 36.9 Å². The third-order valence-electron chi connectivity index (χ3n) is 4.39. The van der Waals surface area contributed by atoms with E-state index in [1.807, 2.05) is 24.5 Å². The molecule has 4 aromatic rings. The van der Waals surface area contributed by atoms with Gasteiger partial charge in [-0.1, -0.05) is 0 Å². The number of anilines is 1. The van der Waals surface area contributed by atoms with Crippen LogP contribution in [0.4, 0.5) is 14.7 Å². The second-order valence-corrected chi connectivity index (χ2v) is 6.21. The lowest BCUT2D eigenvalue weighted by Gasteiger charge is -2.35. The summed E-state index contributed by atoms with van der Waals surface area (Å²) in [4.78, 5) is 16.3. The summed E-state index contributed by atoms with van der Waals surface area (Å²) >= 11 is 0. The molecule has 5 rings (SSSR count). The van der Waals surface area contributed by atoms with E-state index in [0.29, 0.717) is 11.6 Å². The highest BCUT2D eigenvalue weighted by atomic mass is 19.3. The summed E-state index contributed by atoms with van der Waals surface area (Å²) in [7, 11) is 0. The summed E-state index contributed by atoms with van der Waals surface area (Å²) in [5.74, 6) is -2.22. The number of hydrogen-bond acceptors (Lipinski definition) is 5. The highest BCUT2D eigenvalue weighted by Gasteiger charge is 2.45. The van der Waals surface area contributed by atoms with E-state index in [-0.39, 0.29) is 18.9 Å². The van der Waals surface area contributed by atoms with Gasteiger partial charge < -0.3 is 10.3 Å². The quantitative estimate of drug-likeness (QED) is 0.599. The normalized spacial score (nSPS) is 17.0. The van der Waals surface area contributed by atoms with Crippen LogP contribution in [0.1, 0.15) is 12.8 Å². The molecule has 0 bridgehead atoms. The van der Waals surface area contributed by atoms with Gasteiger partial charge in [-0.05, 0) is 6.07 Å². The molecule has 0 saturated heterocycles. The Bertz CT molecular complexity index is 1080. The minimum Gasteiger partial charge on any atom is -0.351 e. The van der Waals surface area contributed by atoms with Crippen LogP contribution in [0.5, 0.6) is 0 Å². The maximum Gasteiger partial charge on any atom is 0.252 e. The fraction of sp³-hybridized carbons (Fsp3) is 0.250. The number of aromatic amines is 1. The fourth-order valence-corrected chi connectivity index (χ4v) is 3.10. The summed E-state index contributed by atoms with van der Waals surface area (Å²) < 4.78 is 27.5. The molecule has 1 saturated carbocycles. The monoisotopic (exact) mass is 341 g/mol.